The van der Waals surface area contributed by atoms with Gasteiger partial charge in [-0.15, -0.1) is 0 Å². The normalized spacial score (nSPS) is 18.7. The molecule has 0 spiro atoms. The number of hydrogen-bond acceptors (Lipinski definition) is 4. The Morgan fingerprint density at radius 2 is 1.79 bits per heavy atom. The minimum atomic E-state index is -0.300. The molecule has 2 aromatic carbocycles. The summed E-state index contributed by atoms with van der Waals surface area (Å²) in [6.45, 7) is 3.38. The largest absolute Gasteiger partial charge is 0.487 e. The van der Waals surface area contributed by atoms with Gasteiger partial charge in [0.15, 0.2) is 11.6 Å². The van der Waals surface area contributed by atoms with E-state index in [0.717, 1.165) is 67.2 Å². The zero-order chi connectivity index (χ0) is 22.9. The highest BCUT2D eigenvalue weighted by Gasteiger charge is 2.32. The molecule has 2 fully saturated rings. The van der Waals surface area contributed by atoms with Crippen molar-refractivity contribution in [2.45, 2.75) is 37.8 Å². The average molecular weight is 515 g/mol. The van der Waals surface area contributed by atoms with Crippen molar-refractivity contribution < 1.29 is 13.9 Å². The Bertz CT molecular complexity index is 1150. The van der Waals surface area contributed by atoms with Gasteiger partial charge in [0.25, 0.3) is 5.91 Å². The van der Waals surface area contributed by atoms with Gasteiger partial charge in [-0.2, -0.15) is 5.10 Å². The number of hydrogen-bond donors (Lipinski definition) is 0. The van der Waals surface area contributed by atoms with E-state index in [-0.39, 0.29) is 17.8 Å². The second-order valence-corrected chi connectivity index (χ2v) is 9.86. The van der Waals surface area contributed by atoms with Crippen LogP contribution in [0, 0.1) is 5.82 Å². The molecule has 0 atom stereocenters. The first-order valence-electron chi connectivity index (χ1n) is 11.6. The number of ether oxygens (including phenoxy) is 1. The molecule has 0 bridgehead atoms. The van der Waals surface area contributed by atoms with Crippen LogP contribution in [0.2, 0.25) is 0 Å². The van der Waals surface area contributed by atoms with E-state index in [4.69, 9.17) is 4.74 Å². The Labute approximate surface area is 201 Å². The van der Waals surface area contributed by atoms with Crippen LogP contribution < -0.4 is 4.74 Å². The second kappa shape index (κ2) is 9.43. The number of aryl methyl sites for hydroxylation is 1. The van der Waals surface area contributed by atoms with Gasteiger partial charge in [-0.1, -0.05) is 28.1 Å². The van der Waals surface area contributed by atoms with Crippen LogP contribution in [0.4, 0.5) is 4.39 Å². The van der Waals surface area contributed by atoms with Gasteiger partial charge in [0, 0.05) is 49.1 Å². The predicted molar refractivity (Wildman–Crippen MR) is 129 cm³/mol. The Hall–Kier alpha value is -2.45. The molecular weight excluding hydrogens is 487 g/mol. The number of carbonyl (C=O) groups excluding carboxylic acids is 1. The van der Waals surface area contributed by atoms with E-state index in [0.29, 0.717) is 17.5 Å². The molecule has 0 N–H and O–H groups in total. The van der Waals surface area contributed by atoms with Gasteiger partial charge in [0.05, 0.1) is 5.52 Å². The topological polar surface area (TPSA) is 50.6 Å². The molecule has 1 amide bonds. The fourth-order valence-electron chi connectivity index (χ4n) is 5.09. The van der Waals surface area contributed by atoms with Crippen LogP contribution in [0.5, 0.6) is 5.75 Å². The Kier molecular flexibility index (Phi) is 6.38. The number of nitrogens with zero attached hydrogens (tertiary/aromatic N) is 4. The highest BCUT2D eigenvalue weighted by molar-refractivity contribution is 9.10. The number of halogens is 2. The molecule has 2 saturated heterocycles. The van der Waals surface area contributed by atoms with Crippen LogP contribution >= 0.6 is 15.9 Å². The van der Waals surface area contributed by atoms with Crippen molar-refractivity contribution >= 4 is 32.7 Å². The van der Waals surface area contributed by atoms with Crippen LogP contribution in [0.1, 0.15) is 36.2 Å². The van der Waals surface area contributed by atoms with Gasteiger partial charge in [0.1, 0.15) is 11.8 Å². The van der Waals surface area contributed by atoms with E-state index in [1.807, 2.05) is 30.1 Å². The van der Waals surface area contributed by atoms with E-state index in [1.54, 1.807) is 22.9 Å². The van der Waals surface area contributed by atoms with Crippen molar-refractivity contribution in [3.8, 4) is 5.75 Å². The summed E-state index contributed by atoms with van der Waals surface area (Å²) in [7, 11) is 1.83. The minimum Gasteiger partial charge on any atom is -0.487 e. The Balaban J connectivity index is 1.16. The summed E-state index contributed by atoms with van der Waals surface area (Å²) < 4.78 is 22.4. The molecule has 8 heteroatoms. The lowest BCUT2D eigenvalue weighted by Gasteiger charge is -2.41. The molecule has 3 heterocycles. The molecule has 0 unspecified atom stereocenters. The van der Waals surface area contributed by atoms with Crippen LogP contribution in [-0.2, 0) is 7.05 Å². The number of para-hydroxylation sites is 1. The van der Waals surface area contributed by atoms with Crippen LogP contribution in [0.25, 0.3) is 10.9 Å². The Morgan fingerprint density at radius 1 is 1.06 bits per heavy atom. The fraction of sp³-hybridized carbons (Fsp3) is 0.440. The molecule has 6 nitrogen and oxygen atoms in total. The SMILES string of the molecule is Cn1nc2cc(Br)ccc2c1C(=O)N1CCC(N2CCC(Oc3ccccc3F)CC2)CC1. The summed E-state index contributed by atoms with van der Waals surface area (Å²) >= 11 is 3.47. The zero-order valence-corrected chi connectivity index (χ0v) is 20.3. The van der Waals surface area contributed by atoms with E-state index in [1.165, 1.54) is 6.07 Å². The maximum Gasteiger partial charge on any atom is 0.272 e. The molecule has 3 aromatic rings. The van der Waals surface area contributed by atoms with Gasteiger partial charge >= 0.3 is 0 Å². The van der Waals surface area contributed by atoms with Crippen molar-refractivity contribution in [2.75, 3.05) is 26.2 Å². The summed E-state index contributed by atoms with van der Waals surface area (Å²) in [5, 5.41) is 5.41. The summed E-state index contributed by atoms with van der Waals surface area (Å²) in [6.07, 6.45) is 3.77. The third-order valence-corrected chi connectivity index (χ3v) is 7.37. The van der Waals surface area contributed by atoms with Gasteiger partial charge < -0.3 is 9.64 Å². The summed E-state index contributed by atoms with van der Waals surface area (Å²) in [6, 6.07) is 12.9. The third kappa shape index (κ3) is 4.64. The third-order valence-electron chi connectivity index (χ3n) is 6.87. The molecule has 1 aromatic heterocycles. The lowest BCUT2D eigenvalue weighted by atomic mass is 9.98. The molecule has 5 rings (SSSR count). The van der Waals surface area contributed by atoms with E-state index >= 15 is 0 Å². The monoisotopic (exact) mass is 514 g/mol. The fourth-order valence-corrected chi connectivity index (χ4v) is 5.44. The first kappa shape index (κ1) is 22.3. The van der Waals surface area contributed by atoms with Crippen molar-refractivity contribution in [3.63, 3.8) is 0 Å². The van der Waals surface area contributed by atoms with Gasteiger partial charge in [-0.3, -0.25) is 14.4 Å². The molecule has 0 radical (unpaired) electrons. The average Bonchev–Trinajstić information content (AvgIpc) is 3.15. The second-order valence-electron chi connectivity index (χ2n) is 8.94. The highest BCUT2D eigenvalue weighted by Crippen LogP contribution is 2.27. The lowest BCUT2D eigenvalue weighted by molar-refractivity contribution is 0.0412. The molecule has 0 aliphatic carbocycles. The zero-order valence-electron chi connectivity index (χ0n) is 18.7. The highest BCUT2D eigenvalue weighted by atomic mass is 79.9. The van der Waals surface area contributed by atoms with Crippen molar-refractivity contribution in [3.05, 3.63) is 58.4 Å². The minimum absolute atomic E-state index is 0.0535. The van der Waals surface area contributed by atoms with Crippen molar-refractivity contribution in [2.24, 2.45) is 7.05 Å². The van der Waals surface area contributed by atoms with Crippen molar-refractivity contribution in [1.82, 2.24) is 19.6 Å². The number of aromatic nitrogens is 2. The maximum atomic E-state index is 13.9. The number of fused-ring (bicyclic) bond motifs is 1. The summed E-state index contributed by atoms with van der Waals surface area (Å²) in [4.78, 5) is 17.8. The Morgan fingerprint density at radius 3 is 2.52 bits per heavy atom. The van der Waals surface area contributed by atoms with Crippen LogP contribution in [0.15, 0.2) is 46.9 Å². The number of rotatable bonds is 4. The standard InChI is InChI=1S/C25H28BrFN4O2/c1-29-24(20-7-6-17(26)16-22(20)28-29)25(32)31-12-8-18(9-13-31)30-14-10-19(11-15-30)33-23-5-3-2-4-21(23)27/h2-7,16,18-19H,8-15H2,1H3. The molecule has 174 valence electrons. The van der Waals surface area contributed by atoms with Crippen LogP contribution in [-0.4, -0.2) is 63.8 Å². The van der Waals surface area contributed by atoms with Gasteiger partial charge in [0.2, 0.25) is 0 Å². The summed E-state index contributed by atoms with van der Waals surface area (Å²) in [5.41, 5.74) is 1.48. The van der Waals surface area contributed by atoms with E-state index in [2.05, 4.69) is 25.9 Å². The van der Waals surface area contributed by atoms with Gasteiger partial charge in [-0.25, -0.2) is 4.39 Å². The van der Waals surface area contributed by atoms with Crippen LogP contribution in [0.3, 0.4) is 0 Å². The van der Waals surface area contributed by atoms with E-state index < -0.39 is 0 Å². The quantitative estimate of drug-likeness (QED) is 0.509. The molecule has 2 aliphatic rings. The number of benzene rings is 2. The molecular formula is C25H28BrFN4O2. The summed E-state index contributed by atoms with van der Waals surface area (Å²) in [5.74, 6) is 0.0985. The number of likely N-dealkylation sites (tertiary alicyclic amines) is 2. The predicted octanol–water partition coefficient (Wildman–Crippen LogP) is 4.62. The first-order valence-corrected chi connectivity index (χ1v) is 12.4. The molecule has 0 saturated carbocycles. The number of piperidine rings is 2. The van der Waals surface area contributed by atoms with Gasteiger partial charge in [-0.05, 0) is 56.0 Å². The number of amides is 1. The lowest BCUT2D eigenvalue weighted by Crippen LogP contribution is -2.50. The molecule has 2 aliphatic heterocycles. The van der Waals surface area contributed by atoms with Crippen molar-refractivity contribution in [1.29, 1.82) is 0 Å². The number of carbonyl (C=O) groups is 1. The smallest absolute Gasteiger partial charge is 0.272 e. The molecule has 33 heavy (non-hydrogen) atoms. The first-order chi connectivity index (χ1) is 16.0. The maximum absolute atomic E-state index is 13.9. The van der Waals surface area contributed by atoms with E-state index in [9.17, 15) is 9.18 Å².